The van der Waals surface area contributed by atoms with E-state index in [0.29, 0.717) is 12.6 Å². The lowest BCUT2D eigenvalue weighted by atomic mass is 9.74. The second-order valence-electron chi connectivity index (χ2n) is 8.67. The van der Waals surface area contributed by atoms with Gasteiger partial charge in [-0.15, -0.1) is 0 Å². The van der Waals surface area contributed by atoms with Crippen molar-refractivity contribution in [1.29, 1.82) is 0 Å². The number of nitrogens with one attached hydrogen (secondary N) is 1. The summed E-state index contributed by atoms with van der Waals surface area (Å²) in [6.45, 7) is 3.27. The Hall–Kier alpha value is -1.59. The lowest BCUT2D eigenvalue weighted by Gasteiger charge is -2.47. The Bertz CT molecular complexity index is 648. The Labute approximate surface area is 168 Å². The second kappa shape index (κ2) is 8.83. The average molecular weight is 387 g/mol. The predicted molar refractivity (Wildman–Crippen MR) is 110 cm³/mol. The summed E-state index contributed by atoms with van der Waals surface area (Å²) in [5.41, 5.74) is 1.23. The number of rotatable bonds is 6. The van der Waals surface area contributed by atoms with E-state index >= 15 is 0 Å². The third-order valence-electron chi connectivity index (χ3n) is 7.16. The summed E-state index contributed by atoms with van der Waals surface area (Å²) >= 11 is 0. The van der Waals surface area contributed by atoms with Crippen LogP contribution in [-0.4, -0.2) is 56.3 Å². The van der Waals surface area contributed by atoms with Crippen molar-refractivity contribution in [1.82, 2.24) is 10.2 Å². The zero-order valence-electron chi connectivity index (χ0n) is 17.1. The van der Waals surface area contributed by atoms with Crippen LogP contribution in [0, 0.1) is 0 Å². The molecule has 5 nitrogen and oxygen atoms in total. The molecule has 2 aliphatic heterocycles. The lowest BCUT2D eigenvalue weighted by Crippen LogP contribution is -2.61. The number of benzene rings is 1. The van der Waals surface area contributed by atoms with Crippen LogP contribution in [0.2, 0.25) is 0 Å². The van der Waals surface area contributed by atoms with Gasteiger partial charge in [-0.05, 0) is 49.8 Å². The van der Waals surface area contributed by atoms with Crippen molar-refractivity contribution >= 4 is 5.91 Å². The fourth-order valence-corrected chi connectivity index (χ4v) is 5.19. The second-order valence-corrected chi connectivity index (χ2v) is 8.67. The number of hydrogen-bond acceptors (Lipinski definition) is 4. The first-order valence-corrected chi connectivity index (χ1v) is 11.0. The maximum atomic E-state index is 13.0. The minimum absolute atomic E-state index is 0.0421. The molecule has 0 unspecified atom stereocenters. The molecule has 1 atom stereocenters. The van der Waals surface area contributed by atoms with E-state index in [4.69, 9.17) is 9.47 Å². The van der Waals surface area contributed by atoms with Crippen LogP contribution >= 0.6 is 0 Å². The monoisotopic (exact) mass is 386 g/mol. The van der Waals surface area contributed by atoms with Gasteiger partial charge < -0.3 is 14.8 Å². The molecule has 1 aliphatic carbocycles. The molecular weight excluding hydrogens is 352 g/mol. The van der Waals surface area contributed by atoms with Crippen molar-refractivity contribution < 1.29 is 14.3 Å². The number of carbonyl (C=O) groups is 1. The summed E-state index contributed by atoms with van der Waals surface area (Å²) in [6, 6.07) is 9.03. The Morgan fingerprint density at radius 2 is 1.86 bits per heavy atom. The molecular formula is C23H34N2O3. The van der Waals surface area contributed by atoms with E-state index in [2.05, 4.69) is 22.3 Å². The third kappa shape index (κ3) is 4.06. The fourth-order valence-electron chi connectivity index (χ4n) is 5.19. The molecule has 5 heteroatoms. The average Bonchev–Trinajstić information content (AvgIpc) is 2.73. The Morgan fingerprint density at radius 1 is 1.14 bits per heavy atom. The van der Waals surface area contributed by atoms with Crippen molar-refractivity contribution in [3.8, 4) is 5.75 Å². The Balaban J connectivity index is 1.40. The molecule has 1 aromatic carbocycles. The maximum Gasteiger partial charge on any atom is 0.237 e. The first-order valence-electron chi connectivity index (χ1n) is 11.0. The molecule has 1 N–H and O–H groups in total. The van der Waals surface area contributed by atoms with Crippen LogP contribution in [0.3, 0.4) is 0 Å². The molecule has 2 heterocycles. The first-order chi connectivity index (χ1) is 13.7. The van der Waals surface area contributed by atoms with Gasteiger partial charge in [0.15, 0.2) is 0 Å². The van der Waals surface area contributed by atoms with Crippen LogP contribution in [0.15, 0.2) is 24.3 Å². The van der Waals surface area contributed by atoms with Gasteiger partial charge in [0, 0.05) is 37.8 Å². The van der Waals surface area contributed by atoms with E-state index in [1.165, 1.54) is 37.7 Å². The molecule has 1 aromatic rings. The molecule has 1 saturated carbocycles. The van der Waals surface area contributed by atoms with E-state index in [0.717, 1.165) is 44.8 Å². The van der Waals surface area contributed by atoms with E-state index in [-0.39, 0.29) is 17.4 Å². The summed E-state index contributed by atoms with van der Waals surface area (Å²) < 4.78 is 10.9. The van der Waals surface area contributed by atoms with Crippen LogP contribution in [-0.2, 0) is 14.9 Å². The molecule has 0 spiro atoms. The van der Waals surface area contributed by atoms with Gasteiger partial charge in [0.05, 0.1) is 13.2 Å². The highest BCUT2D eigenvalue weighted by molar-refractivity contribution is 5.82. The predicted octanol–water partition coefficient (Wildman–Crippen LogP) is 3.27. The quantitative estimate of drug-likeness (QED) is 0.815. The van der Waals surface area contributed by atoms with E-state index < -0.39 is 0 Å². The minimum Gasteiger partial charge on any atom is -0.497 e. The Kier molecular flexibility index (Phi) is 6.22. The number of carbonyl (C=O) groups excluding carboxylic acids is 1. The van der Waals surface area contributed by atoms with Crippen LogP contribution in [0.4, 0.5) is 0 Å². The van der Waals surface area contributed by atoms with Crippen molar-refractivity contribution in [2.24, 2.45) is 0 Å². The molecule has 3 aliphatic rings. The topological polar surface area (TPSA) is 50.8 Å². The number of ether oxygens (including phenoxy) is 2. The largest absolute Gasteiger partial charge is 0.497 e. The van der Waals surface area contributed by atoms with Crippen LogP contribution in [0.1, 0.15) is 56.9 Å². The molecule has 1 amide bonds. The molecule has 154 valence electrons. The van der Waals surface area contributed by atoms with Crippen molar-refractivity contribution in [2.75, 3.05) is 33.4 Å². The molecule has 0 aromatic heterocycles. The molecule has 28 heavy (non-hydrogen) atoms. The van der Waals surface area contributed by atoms with E-state index in [1.54, 1.807) is 7.11 Å². The maximum absolute atomic E-state index is 13.0. The highest BCUT2D eigenvalue weighted by Crippen LogP contribution is 2.36. The summed E-state index contributed by atoms with van der Waals surface area (Å²) in [4.78, 5) is 15.4. The van der Waals surface area contributed by atoms with Gasteiger partial charge in [-0.1, -0.05) is 31.4 Å². The van der Waals surface area contributed by atoms with Gasteiger partial charge in [0.1, 0.15) is 5.75 Å². The lowest BCUT2D eigenvalue weighted by molar-refractivity contribution is -0.133. The normalized spacial score (nSPS) is 25.7. The first kappa shape index (κ1) is 19.7. The van der Waals surface area contributed by atoms with Crippen molar-refractivity contribution in [3.05, 3.63) is 29.8 Å². The highest BCUT2D eigenvalue weighted by Gasteiger charge is 2.40. The molecule has 0 radical (unpaired) electrons. The van der Waals surface area contributed by atoms with Gasteiger partial charge in [-0.25, -0.2) is 0 Å². The highest BCUT2D eigenvalue weighted by atomic mass is 16.5. The summed E-state index contributed by atoms with van der Waals surface area (Å²) in [5, 5.41) is 3.32. The molecule has 2 saturated heterocycles. The van der Waals surface area contributed by atoms with Gasteiger partial charge in [0.2, 0.25) is 5.91 Å². The summed E-state index contributed by atoms with van der Waals surface area (Å²) in [6.07, 6.45) is 9.39. The fraction of sp³-hybridized carbons (Fsp3) is 0.696. The van der Waals surface area contributed by atoms with E-state index in [9.17, 15) is 4.79 Å². The molecule has 3 fully saturated rings. The Morgan fingerprint density at radius 3 is 2.46 bits per heavy atom. The van der Waals surface area contributed by atoms with Gasteiger partial charge in [-0.3, -0.25) is 9.69 Å². The van der Waals surface area contributed by atoms with Crippen molar-refractivity contribution in [2.45, 2.75) is 68.9 Å². The summed E-state index contributed by atoms with van der Waals surface area (Å²) in [5.74, 6) is 1.09. The smallest absolute Gasteiger partial charge is 0.237 e. The van der Waals surface area contributed by atoms with E-state index in [1.807, 2.05) is 12.1 Å². The van der Waals surface area contributed by atoms with Crippen LogP contribution < -0.4 is 10.1 Å². The zero-order chi connectivity index (χ0) is 19.4. The number of likely N-dealkylation sites (tertiary alicyclic amines) is 1. The standard InChI is InChI=1S/C23H34N2O3/c1-27-20-9-7-18(8-10-20)23(12-15-28-16-13-23)17-24-22(26)21-11-14-25(21)19-5-3-2-4-6-19/h7-10,19,21H,2-6,11-17H2,1H3,(H,24,26)/t21-/m1/s1. The zero-order valence-corrected chi connectivity index (χ0v) is 17.1. The summed E-state index contributed by atoms with van der Waals surface area (Å²) in [7, 11) is 1.69. The third-order valence-corrected chi connectivity index (χ3v) is 7.16. The number of hydrogen-bond donors (Lipinski definition) is 1. The van der Waals surface area contributed by atoms with Crippen LogP contribution in [0.25, 0.3) is 0 Å². The number of amides is 1. The SMILES string of the molecule is COc1ccc(C2(CNC(=O)[C@H]3CCN3C3CCCCC3)CCOCC2)cc1. The van der Waals surface area contributed by atoms with Crippen molar-refractivity contribution in [3.63, 3.8) is 0 Å². The molecule has 0 bridgehead atoms. The number of methoxy groups -OCH3 is 1. The number of nitrogens with zero attached hydrogens (tertiary/aromatic N) is 1. The minimum atomic E-state index is -0.0421. The van der Waals surface area contributed by atoms with Crippen LogP contribution in [0.5, 0.6) is 5.75 Å². The van der Waals surface area contributed by atoms with Gasteiger partial charge >= 0.3 is 0 Å². The van der Waals surface area contributed by atoms with Gasteiger partial charge in [-0.2, -0.15) is 0 Å². The molecule has 4 rings (SSSR count). The van der Waals surface area contributed by atoms with Gasteiger partial charge in [0.25, 0.3) is 0 Å².